The third-order valence-corrected chi connectivity index (χ3v) is 4.98. The SMILES string of the molecule is O=C(c1ccc(Br)cc1Cl)N(Cc1cccs1)C1CC1. The molecule has 0 atom stereocenters. The zero-order valence-corrected chi connectivity index (χ0v) is 13.8. The van der Waals surface area contributed by atoms with Gasteiger partial charge in [0.15, 0.2) is 0 Å². The Morgan fingerprint density at radius 1 is 1.40 bits per heavy atom. The van der Waals surface area contributed by atoms with Gasteiger partial charge < -0.3 is 4.90 Å². The first-order valence-corrected chi connectivity index (χ1v) is 8.48. The van der Waals surface area contributed by atoms with Gasteiger partial charge in [-0.05, 0) is 42.5 Å². The van der Waals surface area contributed by atoms with E-state index >= 15 is 0 Å². The van der Waals surface area contributed by atoms with E-state index in [-0.39, 0.29) is 5.91 Å². The summed E-state index contributed by atoms with van der Waals surface area (Å²) in [5, 5.41) is 2.54. The summed E-state index contributed by atoms with van der Waals surface area (Å²) in [4.78, 5) is 15.9. The van der Waals surface area contributed by atoms with E-state index in [4.69, 9.17) is 11.6 Å². The molecule has 0 N–H and O–H groups in total. The minimum Gasteiger partial charge on any atom is -0.330 e. The van der Waals surface area contributed by atoms with Crippen molar-refractivity contribution in [2.24, 2.45) is 0 Å². The Hall–Kier alpha value is -0.840. The molecule has 104 valence electrons. The van der Waals surface area contributed by atoms with E-state index in [1.54, 1.807) is 23.5 Å². The average Bonchev–Trinajstić information content (AvgIpc) is 3.12. The Bertz CT molecular complexity index is 625. The predicted molar refractivity (Wildman–Crippen MR) is 86.4 cm³/mol. The van der Waals surface area contributed by atoms with Crippen LogP contribution in [-0.2, 0) is 6.54 Å². The first-order chi connectivity index (χ1) is 9.65. The first-order valence-electron chi connectivity index (χ1n) is 6.43. The fourth-order valence-corrected chi connectivity index (χ4v) is 3.60. The molecule has 0 spiro atoms. The van der Waals surface area contributed by atoms with E-state index in [1.807, 2.05) is 22.4 Å². The molecule has 1 fully saturated rings. The lowest BCUT2D eigenvalue weighted by molar-refractivity contribution is 0.0732. The standard InChI is InChI=1S/C15H13BrClNOS/c16-10-3-6-13(14(17)8-10)15(19)18(11-4-5-11)9-12-2-1-7-20-12/h1-3,6-8,11H,4-5,9H2. The number of thiophene rings is 1. The summed E-state index contributed by atoms with van der Waals surface area (Å²) in [6.07, 6.45) is 2.18. The molecule has 1 aromatic heterocycles. The fourth-order valence-electron chi connectivity index (χ4n) is 2.14. The second-order valence-corrected chi connectivity index (χ2v) is 7.22. The van der Waals surface area contributed by atoms with Crippen LogP contribution in [0.15, 0.2) is 40.2 Å². The smallest absolute Gasteiger partial charge is 0.255 e. The van der Waals surface area contributed by atoms with Gasteiger partial charge in [0.1, 0.15) is 0 Å². The van der Waals surface area contributed by atoms with Gasteiger partial charge in [-0.3, -0.25) is 4.79 Å². The highest BCUT2D eigenvalue weighted by molar-refractivity contribution is 9.10. The molecule has 0 saturated heterocycles. The Morgan fingerprint density at radius 3 is 2.80 bits per heavy atom. The number of hydrogen-bond donors (Lipinski definition) is 0. The van der Waals surface area contributed by atoms with Crippen molar-refractivity contribution in [3.05, 3.63) is 55.6 Å². The molecule has 3 rings (SSSR count). The summed E-state index contributed by atoms with van der Waals surface area (Å²) in [5.41, 5.74) is 0.582. The lowest BCUT2D eigenvalue weighted by atomic mass is 10.2. The van der Waals surface area contributed by atoms with Gasteiger partial charge in [0.2, 0.25) is 0 Å². The van der Waals surface area contributed by atoms with Crippen LogP contribution in [0, 0.1) is 0 Å². The monoisotopic (exact) mass is 369 g/mol. The number of rotatable bonds is 4. The zero-order valence-electron chi connectivity index (χ0n) is 10.7. The molecule has 1 aromatic carbocycles. The zero-order chi connectivity index (χ0) is 14.1. The van der Waals surface area contributed by atoms with Gasteiger partial charge in [-0.2, -0.15) is 0 Å². The Kier molecular flexibility index (Phi) is 4.15. The normalized spacial score (nSPS) is 14.3. The van der Waals surface area contributed by atoms with Gasteiger partial charge >= 0.3 is 0 Å². The summed E-state index contributed by atoms with van der Waals surface area (Å²) < 4.78 is 0.885. The lowest BCUT2D eigenvalue weighted by Gasteiger charge is -2.22. The van der Waals surface area contributed by atoms with Crippen molar-refractivity contribution in [2.75, 3.05) is 0 Å². The highest BCUT2D eigenvalue weighted by Crippen LogP contribution is 2.32. The van der Waals surface area contributed by atoms with Crippen molar-refractivity contribution in [1.29, 1.82) is 0 Å². The van der Waals surface area contributed by atoms with Crippen LogP contribution in [0.2, 0.25) is 5.02 Å². The maximum atomic E-state index is 12.7. The minimum absolute atomic E-state index is 0.0263. The first kappa shape index (κ1) is 14.1. The van der Waals surface area contributed by atoms with E-state index < -0.39 is 0 Å². The van der Waals surface area contributed by atoms with Crippen LogP contribution in [-0.4, -0.2) is 16.8 Å². The number of amides is 1. The summed E-state index contributed by atoms with van der Waals surface area (Å²) >= 11 is 11.2. The van der Waals surface area contributed by atoms with Crippen molar-refractivity contribution in [3.63, 3.8) is 0 Å². The van der Waals surface area contributed by atoms with Crippen LogP contribution in [0.3, 0.4) is 0 Å². The second-order valence-electron chi connectivity index (χ2n) is 4.87. The number of carbonyl (C=O) groups is 1. The molecule has 1 amide bonds. The molecule has 0 bridgehead atoms. The topological polar surface area (TPSA) is 20.3 Å². The van der Waals surface area contributed by atoms with Crippen LogP contribution in [0.1, 0.15) is 28.1 Å². The molecule has 2 nitrogen and oxygen atoms in total. The molecule has 1 aliphatic carbocycles. The van der Waals surface area contributed by atoms with Gasteiger partial charge in [-0.25, -0.2) is 0 Å². The summed E-state index contributed by atoms with van der Waals surface area (Å²) in [5.74, 6) is 0.0263. The molecule has 0 unspecified atom stereocenters. The Labute approximate surface area is 135 Å². The van der Waals surface area contributed by atoms with E-state index in [0.29, 0.717) is 23.2 Å². The molecular weight excluding hydrogens is 358 g/mol. The van der Waals surface area contributed by atoms with Crippen molar-refractivity contribution < 1.29 is 4.79 Å². The molecule has 2 aromatic rings. The van der Waals surface area contributed by atoms with Crippen molar-refractivity contribution in [3.8, 4) is 0 Å². The van der Waals surface area contributed by atoms with Crippen LogP contribution < -0.4 is 0 Å². The fraction of sp³-hybridized carbons (Fsp3) is 0.267. The Balaban J connectivity index is 1.85. The molecule has 0 radical (unpaired) electrons. The number of nitrogens with zero attached hydrogens (tertiary/aromatic N) is 1. The molecule has 0 aliphatic heterocycles. The van der Waals surface area contributed by atoms with Crippen LogP contribution in [0.25, 0.3) is 0 Å². The van der Waals surface area contributed by atoms with Crippen LogP contribution >= 0.6 is 38.9 Å². The molecule has 1 aliphatic rings. The van der Waals surface area contributed by atoms with Crippen LogP contribution in [0.5, 0.6) is 0 Å². The van der Waals surface area contributed by atoms with Gasteiger partial charge in [-0.1, -0.05) is 33.6 Å². The molecular formula is C15H13BrClNOS. The van der Waals surface area contributed by atoms with Gasteiger partial charge in [-0.15, -0.1) is 11.3 Å². The number of hydrogen-bond acceptors (Lipinski definition) is 2. The summed E-state index contributed by atoms with van der Waals surface area (Å²) in [6, 6.07) is 9.86. The third kappa shape index (κ3) is 3.08. The molecule has 1 heterocycles. The number of carbonyl (C=O) groups excluding carboxylic acids is 1. The second kappa shape index (κ2) is 5.88. The summed E-state index contributed by atoms with van der Waals surface area (Å²) in [7, 11) is 0. The van der Waals surface area contributed by atoms with E-state index in [1.165, 1.54) is 4.88 Å². The number of halogens is 2. The minimum atomic E-state index is 0.0263. The molecule has 20 heavy (non-hydrogen) atoms. The average molecular weight is 371 g/mol. The summed E-state index contributed by atoms with van der Waals surface area (Å²) in [6.45, 7) is 0.674. The largest absolute Gasteiger partial charge is 0.330 e. The number of benzene rings is 1. The van der Waals surface area contributed by atoms with E-state index in [9.17, 15) is 4.79 Å². The van der Waals surface area contributed by atoms with Crippen molar-refractivity contribution in [1.82, 2.24) is 4.90 Å². The van der Waals surface area contributed by atoms with Gasteiger partial charge in [0.25, 0.3) is 5.91 Å². The predicted octanol–water partition coefficient (Wildman–Crippen LogP) is 4.97. The third-order valence-electron chi connectivity index (χ3n) is 3.32. The molecule has 5 heteroatoms. The maximum Gasteiger partial charge on any atom is 0.255 e. The van der Waals surface area contributed by atoms with E-state index in [0.717, 1.165) is 17.3 Å². The quantitative estimate of drug-likeness (QED) is 0.744. The lowest BCUT2D eigenvalue weighted by Crippen LogP contribution is -2.32. The Morgan fingerprint density at radius 2 is 2.20 bits per heavy atom. The van der Waals surface area contributed by atoms with Gasteiger partial charge in [0.05, 0.1) is 17.1 Å². The van der Waals surface area contributed by atoms with Crippen molar-refractivity contribution >= 4 is 44.8 Å². The highest BCUT2D eigenvalue weighted by Gasteiger charge is 2.33. The van der Waals surface area contributed by atoms with E-state index in [2.05, 4.69) is 22.0 Å². The van der Waals surface area contributed by atoms with Crippen molar-refractivity contribution in [2.45, 2.75) is 25.4 Å². The maximum absolute atomic E-state index is 12.7. The highest BCUT2D eigenvalue weighted by atomic mass is 79.9. The van der Waals surface area contributed by atoms with Crippen LogP contribution in [0.4, 0.5) is 0 Å². The van der Waals surface area contributed by atoms with Gasteiger partial charge in [0, 0.05) is 15.4 Å². The molecule has 1 saturated carbocycles.